The van der Waals surface area contributed by atoms with Gasteiger partial charge in [0.15, 0.2) is 0 Å². The number of nitrogens with one attached hydrogen (secondary N) is 2. The van der Waals surface area contributed by atoms with Gasteiger partial charge in [0, 0.05) is 6.54 Å². The summed E-state index contributed by atoms with van der Waals surface area (Å²) < 4.78 is 44.2. The molecule has 8 heteroatoms. The molecule has 0 saturated carbocycles. The molecular weight excluding hydrogens is 347 g/mol. The molecule has 0 aliphatic carbocycles. The Balaban J connectivity index is 1.79. The third-order valence-corrected chi connectivity index (χ3v) is 4.86. The van der Waals surface area contributed by atoms with Gasteiger partial charge in [-0.1, -0.05) is 12.1 Å². The Kier molecular flexibility index (Phi) is 6.49. The van der Waals surface area contributed by atoms with Crippen LogP contribution in [0.25, 0.3) is 0 Å². The Morgan fingerprint density at radius 2 is 1.72 bits per heavy atom. The van der Waals surface area contributed by atoms with Crippen LogP contribution in [-0.4, -0.2) is 34.5 Å². The number of benzene rings is 2. The maximum Gasteiger partial charge on any atom is 0.241 e. The number of methoxy groups -OCH3 is 1. The highest BCUT2D eigenvalue weighted by Gasteiger charge is 2.15. The van der Waals surface area contributed by atoms with E-state index in [-0.39, 0.29) is 17.3 Å². The largest absolute Gasteiger partial charge is 0.497 e. The summed E-state index contributed by atoms with van der Waals surface area (Å²) >= 11 is 0. The fourth-order valence-corrected chi connectivity index (χ4v) is 3.04. The summed E-state index contributed by atoms with van der Waals surface area (Å²) in [5.74, 6) is -0.225. The summed E-state index contributed by atoms with van der Waals surface area (Å²) in [4.78, 5) is 11.8. The number of ether oxygens (including phenoxy) is 1. The minimum atomic E-state index is -3.77. The first-order valence-electron chi connectivity index (χ1n) is 7.55. The Bertz CT molecular complexity index is 806. The first-order valence-corrected chi connectivity index (χ1v) is 9.04. The van der Waals surface area contributed by atoms with E-state index >= 15 is 0 Å². The molecule has 2 aromatic rings. The molecule has 2 rings (SSSR count). The number of rotatable bonds is 8. The van der Waals surface area contributed by atoms with Gasteiger partial charge < -0.3 is 10.1 Å². The van der Waals surface area contributed by atoms with Crippen molar-refractivity contribution >= 4 is 15.9 Å². The minimum Gasteiger partial charge on any atom is -0.497 e. The van der Waals surface area contributed by atoms with Crippen LogP contribution in [0.5, 0.6) is 5.75 Å². The van der Waals surface area contributed by atoms with E-state index in [4.69, 9.17) is 4.74 Å². The SMILES string of the molecule is COc1ccc(S(=O)(=O)NCC(=O)NCCc2ccc(F)cc2)cc1. The number of carbonyl (C=O) groups is 1. The summed E-state index contributed by atoms with van der Waals surface area (Å²) in [5, 5.41) is 2.61. The Morgan fingerprint density at radius 1 is 1.08 bits per heavy atom. The van der Waals surface area contributed by atoms with Crippen LogP contribution >= 0.6 is 0 Å². The van der Waals surface area contributed by atoms with E-state index in [9.17, 15) is 17.6 Å². The van der Waals surface area contributed by atoms with Gasteiger partial charge in [-0.2, -0.15) is 0 Å². The van der Waals surface area contributed by atoms with Gasteiger partial charge in [0.2, 0.25) is 15.9 Å². The highest BCUT2D eigenvalue weighted by atomic mass is 32.2. The molecule has 0 radical (unpaired) electrons. The number of hydrogen-bond acceptors (Lipinski definition) is 4. The van der Waals surface area contributed by atoms with Gasteiger partial charge in [-0.3, -0.25) is 4.79 Å². The van der Waals surface area contributed by atoms with Crippen LogP contribution in [0.15, 0.2) is 53.4 Å². The smallest absolute Gasteiger partial charge is 0.241 e. The van der Waals surface area contributed by atoms with Gasteiger partial charge in [0.1, 0.15) is 11.6 Å². The van der Waals surface area contributed by atoms with E-state index < -0.39 is 15.9 Å². The van der Waals surface area contributed by atoms with Crippen molar-refractivity contribution in [2.24, 2.45) is 0 Å². The fraction of sp³-hybridized carbons (Fsp3) is 0.235. The molecule has 0 spiro atoms. The predicted octanol–water partition coefficient (Wildman–Crippen LogP) is 1.47. The topological polar surface area (TPSA) is 84.5 Å². The average molecular weight is 366 g/mol. The highest BCUT2D eigenvalue weighted by Crippen LogP contribution is 2.15. The molecule has 0 atom stereocenters. The molecule has 0 aliphatic rings. The van der Waals surface area contributed by atoms with Crippen LogP contribution in [0.2, 0.25) is 0 Å². The zero-order chi connectivity index (χ0) is 18.3. The molecule has 1 amide bonds. The molecule has 2 N–H and O–H groups in total. The first-order chi connectivity index (χ1) is 11.9. The lowest BCUT2D eigenvalue weighted by atomic mass is 10.1. The maximum absolute atomic E-state index is 12.8. The molecule has 6 nitrogen and oxygen atoms in total. The highest BCUT2D eigenvalue weighted by molar-refractivity contribution is 7.89. The predicted molar refractivity (Wildman–Crippen MR) is 91.3 cm³/mol. The molecule has 0 saturated heterocycles. The van der Waals surface area contributed by atoms with Crippen molar-refractivity contribution in [2.45, 2.75) is 11.3 Å². The third kappa shape index (κ3) is 5.84. The second kappa shape index (κ2) is 8.59. The first kappa shape index (κ1) is 18.9. The summed E-state index contributed by atoms with van der Waals surface area (Å²) in [5.41, 5.74) is 0.875. The summed E-state index contributed by atoms with van der Waals surface area (Å²) in [6, 6.07) is 11.8. The standard InChI is InChI=1S/C17H19FN2O4S/c1-24-15-6-8-16(9-7-15)25(22,23)20-12-17(21)19-11-10-13-2-4-14(18)5-3-13/h2-9,20H,10-12H2,1H3,(H,19,21). The van der Waals surface area contributed by atoms with Gasteiger partial charge in [0.25, 0.3) is 0 Å². The fourth-order valence-electron chi connectivity index (χ4n) is 2.06. The molecule has 0 bridgehead atoms. The second-order valence-electron chi connectivity index (χ2n) is 5.23. The van der Waals surface area contributed by atoms with Gasteiger partial charge in [-0.15, -0.1) is 0 Å². The lowest BCUT2D eigenvalue weighted by Gasteiger charge is -2.08. The number of sulfonamides is 1. The molecule has 0 aliphatic heterocycles. The Hall–Kier alpha value is -2.45. The van der Waals surface area contributed by atoms with E-state index in [1.165, 1.54) is 43.5 Å². The molecule has 134 valence electrons. The quantitative estimate of drug-likeness (QED) is 0.741. The van der Waals surface area contributed by atoms with E-state index in [1.54, 1.807) is 12.1 Å². The van der Waals surface area contributed by atoms with Crippen molar-refractivity contribution in [1.29, 1.82) is 0 Å². The molecule has 25 heavy (non-hydrogen) atoms. The summed E-state index contributed by atoms with van der Waals surface area (Å²) in [6.45, 7) is -0.0352. The lowest BCUT2D eigenvalue weighted by molar-refractivity contribution is -0.119. The van der Waals surface area contributed by atoms with Gasteiger partial charge in [0.05, 0.1) is 18.6 Å². The number of carbonyl (C=O) groups excluding carboxylic acids is 1. The zero-order valence-corrected chi connectivity index (χ0v) is 14.5. The van der Waals surface area contributed by atoms with E-state index in [1.807, 2.05) is 0 Å². The van der Waals surface area contributed by atoms with Crippen LogP contribution in [0.1, 0.15) is 5.56 Å². The van der Waals surface area contributed by atoms with Gasteiger partial charge >= 0.3 is 0 Å². The van der Waals surface area contributed by atoms with E-state index in [2.05, 4.69) is 10.0 Å². The zero-order valence-electron chi connectivity index (χ0n) is 13.7. The average Bonchev–Trinajstić information content (AvgIpc) is 2.62. The molecular formula is C17H19FN2O4S. The number of amides is 1. The van der Waals surface area contributed by atoms with Crippen molar-refractivity contribution < 1.29 is 22.3 Å². The van der Waals surface area contributed by atoms with Crippen molar-refractivity contribution in [1.82, 2.24) is 10.0 Å². The van der Waals surface area contributed by atoms with Crippen LogP contribution < -0.4 is 14.8 Å². The molecule has 0 aromatic heterocycles. The van der Waals surface area contributed by atoms with Crippen LogP contribution in [-0.2, 0) is 21.2 Å². The summed E-state index contributed by atoms with van der Waals surface area (Å²) in [7, 11) is -2.29. The van der Waals surface area contributed by atoms with E-state index in [0.717, 1.165) is 5.56 Å². The lowest BCUT2D eigenvalue weighted by Crippen LogP contribution is -2.37. The van der Waals surface area contributed by atoms with Crippen LogP contribution in [0.4, 0.5) is 4.39 Å². The third-order valence-electron chi connectivity index (χ3n) is 3.44. The van der Waals surface area contributed by atoms with Crippen LogP contribution in [0, 0.1) is 5.82 Å². The number of hydrogen-bond donors (Lipinski definition) is 2. The van der Waals surface area contributed by atoms with E-state index in [0.29, 0.717) is 18.7 Å². The van der Waals surface area contributed by atoms with Gasteiger partial charge in [-0.05, 0) is 48.4 Å². The Labute approximate surface area is 146 Å². The minimum absolute atomic E-state index is 0.0485. The second-order valence-corrected chi connectivity index (χ2v) is 6.99. The maximum atomic E-state index is 12.8. The Morgan fingerprint density at radius 3 is 2.32 bits per heavy atom. The molecule has 0 heterocycles. The number of halogens is 1. The van der Waals surface area contributed by atoms with Gasteiger partial charge in [-0.25, -0.2) is 17.5 Å². The monoisotopic (exact) mass is 366 g/mol. The van der Waals surface area contributed by atoms with Crippen molar-refractivity contribution in [2.75, 3.05) is 20.2 Å². The molecule has 0 unspecified atom stereocenters. The van der Waals surface area contributed by atoms with Crippen LogP contribution in [0.3, 0.4) is 0 Å². The molecule has 0 fully saturated rings. The van der Waals surface area contributed by atoms with Crippen molar-refractivity contribution in [3.05, 3.63) is 59.9 Å². The summed E-state index contributed by atoms with van der Waals surface area (Å²) in [6.07, 6.45) is 0.525. The molecule has 2 aromatic carbocycles. The van der Waals surface area contributed by atoms with Crippen molar-refractivity contribution in [3.8, 4) is 5.75 Å². The van der Waals surface area contributed by atoms with Crippen molar-refractivity contribution in [3.63, 3.8) is 0 Å². The normalized spacial score (nSPS) is 11.1.